The number of hydrogen-bond acceptors (Lipinski definition) is 5. The topological polar surface area (TPSA) is 117 Å². The average Bonchev–Trinajstić information content (AvgIpc) is 3.08. The summed E-state index contributed by atoms with van der Waals surface area (Å²) in [4.78, 5) is 26.9. The highest BCUT2D eigenvalue weighted by Gasteiger charge is 2.10. The lowest BCUT2D eigenvalue weighted by molar-refractivity contribution is 0.102. The fourth-order valence-electron chi connectivity index (χ4n) is 1.81. The van der Waals surface area contributed by atoms with Crippen molar-refractivity contribution in [1.29, 1.82) is 0 Å². The monoisotopic (exact) mass is 301 g/mol. The zero-order valence-corrected chi connectivity index (χ0v) is 11.5. The number of carbonyl (C=O) groups excluding carboxylic acids is 1. The van der Waals surface area contributed by atoms with Crippen molar-refractivity contribution in [2.75, 3.05) is 11.1 Å². The first-order chi connectivity index (χ1) is 10.1. The maximum atomic E-state index is 11.9. The van der Waals surface area contributed by atoms with Gasteiger partial charge < -0.3 is 11.1 Å². The molecule has 2 heterocycles. The minimum absolute atomic E-state index is 0.191. The number of anilines is 2. The number of nitrogens with zero attached hydrogens (tertiary/aromatic N) is 1. The third kappa shape index (κ3) is 2.84. The van der Waals surface area contributed by atoms with Crippen molar-refractivity contribution < 1.29 is 4.79 Å². The van der Waals surface area contributed by atoms with Gasteiger partial charge in [0.25, 0.3) is 11.5 Å². The number of thiazole rings is 1. The average molecular weight is 301 g/mol. The fourth-order valence-corrected chi connectivity index (χ4v) is 2.35. The molecule has 1 amide bonds. The second kappa shape index (κ2) is 5.25. The van der Waals surface area contributed by atoms with Crippen LogP contribution in [0.2, 0.25) is 0 Å². The van der Waals surface area contributed by atoms with Crippen LogP contribution in [0.4, 0.5) is 10.8 Å². The molecule has 0 atom stereocenters. The zero-order chi connectivity index (χ0) is 14.8. The molecular formula is C13H11N5O2S. The summed E-state index contributed by atoms with van der Waals surface area (Å²) in [5.41, 5.74) is 7.74. The van der Waals surface area contributed by atoms with Crippen molar-refractivity contribution in [2.45, 2.75) is 0 Å². The number of rotatable bonds is 3. The summed E-state index contributed by atoms with van der Waals surface area (Å²) in [5, 5.41) is 9.91. The summed E-state index contributed by atoms with van der Waals surface area (Å²) >= 11 is 1.21. The third-order valence-corrected chi connectivity index (χ3v) is 3.48. The second-order valence-electron chi connectivity index (χ2n) is 4.27. The molecule has 0 radical (unpaired) electrons. The lowest BCUT2D eigenvalue weighted by Gasteiger charge is -2.04. The molecule has 0 unspecified atom stereocenters. The molecule has 3 aromatic rings. The molecule has 0 saturated heterocycles. The summed E-state index contributed by atoms with van der Waals surface area (Å²) in [6, 6.07) is 8.54. The van der Waals surface area contributed by atoms with Gasteiger partial charge in [-0.1, -0.05) is 12.1 Å². The van der Waals surface area contributed by atoms with Crippen LogP contribution in [0.1, 0.15) is 10.5 Å². The minimum atomic E-state index is -0.314. The minimum Gasteiger partial charge on any atom is -0.375 e. The Morgan fingerprint density at radius 2 is 2.00 bits per heavy atom. The highest BCUT2D eigenvalue weighted by atomic mass is 32.1. The van der Waals surface area contributed by atoms with E-state index in [1.807, 2.05) is 0 Å². The van der Waals surface area contributed by atoms with Crippen LogP contribution in [-0.2, 0) is 0 Å². The molecular weight excluding hydrogens is 290 g/mol. The number of H-pyrrole nitrogens is 2. The Hall–Kier alpha value is -2.87. The molecule has 0 bridgehead atoms. The van der Waals surface area contributed by atoms with Crippen molar-refractivity contribution in [3.63, 3.8) is 0 Å². The first-order valence-corrected chi connectivity index (χ1v) is 6.90. The van der Waals surface area contributed by atoms with E-state index < -0.39 is 0 Å². The number of nitrogen functional groups attached to an aromatic ring is 1. The molecule has 0 aliphatic heterocycles. The van der Waals surface area contributed by atoms with Gasteiger partial charge in [-0.15, -0.1) is 11.3 Å². The number of nitrogens with one attached hydrogen (secondary N) is 3. The van der Waals surface area contributed by atoms with E-state index in [9.17, 15) is 9.59 Å². The van der Waals surface area contributed by atoms with E-state index >= 15 is 0 Å². The highest BCUT2D eigenvalue weighted by molar-refractivity contribution is 7.13. The van der Waals surface area contributed by atoms with Crippen LogP contribution in [0.15, 0.2) is 40.5 Å². The molecule has 0 aliphatic carbocycles. The van der Waals surface area contributed by atoms with E-state index in [2.05, 4.69) is 20.5 Å². The SMILES string of the molecule is Nc1nc(C(=O)Nc2ccc(-c3cc(=O)[nH][nH]3)cc2)cs1. The second-order valence-corrected chi connectivity index (χ2v) is 5.16. The molecule has 106 valence electrons. The van der Waals surface area contributed by atoms with E-state index in [1.54, 1.807) is 29.6 Å². The van der Waals surface area contributed by atoms with Crippen LogP contribution in [0.5, 0.6) is 0 Å². The largest absolute Gasteiger partial charge is 0.375 e. The van der Waals surface area contributed by atoms with E-state index in [-0.39, 0.29) is 17.2 Å². The molecule has 8 heteroatoms. The summed E-state index contributed by atoms with van der Waals surface area (Å²) in [6.07, 6.45) is 0. The molecule has 3 rings (SSSR count). The van der Waals surface area contributed by atoms with Crippen LogP contribution < -0.4 is 16.6 Å². The summed E-state index contributed by atoms with van der Waals surface area (Å²) in [6.45, 7) is 0. The van der Waals surface area contributed by atoms with Gasteiger partial charge in [-0.3, -0.25) is 19.8 Å². The lowest BCUT2D eigenvalue weighted by Crippen LogP contribution is -2.12. The van der Waals surface area contributed by atoms with Gasteiger partial charge in [0.05, 0.1) is 5.69 Å². The molecule has 1 aromatic carbocycles. The number of hydrogen-bond donors (Lipinski definition) is 4. The lowest BCUT2D eigenvalue weighted by atomic mass is 10.1. The summed E-state index contributed by atoms with van der Waals surface area (Å²) in [7, 11) is 0. The molecule has 0 fully saturated rings. The van der Waals surface area contributed by atoms with Crippen LogP contribution in [-0.4, -0.2) is 21.1 Å². The fraction of sp³-hybridized carbons (Fsp3) is 0. The first-order valence-electron chi connectivity index (χ1n) is 6.02. The quantitative estimate of drug-likeness (QED) is 0.588. The molecule has 0 aliphatic rings. The number of carbonyl (C=O) groups is 1. The van der Waals surface area contributed by atoms with Gasteiger partial charge in [0.15, 0.2) is 5.13 Å². The molecule has 0 saturated carbocycles. The third-order valence-electron chi connectivity index (χ3n) is 2.80. The number of amides is 1. The van der Waals surface area contributed by atoms with Crippen LogP contribution in [0.3, 0.4) is 0 Å². The van der Waals surface area contributed by atoms with E-state index in [0.717, 1.165) is 5.56 Å². The van der Waals surface area contributed by atoms with Crippen LogP contribution >= 0.6 is 11.3 Å². The maximum Gasteiger partial charge on any atom is 0.275 e. The molecule has 7 nitrogen and oxygen atoms in total. The predicted octanol–water partition coefficient (Wildman–Crippen LogP) is 1.66. The van der Waals surface area contributed by atoms with Gasteiger partial charge in [-0.25, -0.2) is 4.98 Å². The number of nitrogens with two attached hydrogens (primary N) is 1. The molecule has 0 spiro atoms. The van der Waals surface area contributed by atoms with Crippen LogP contribution in [0, 0.1) is 0 Å². The number of aromatic amines is 2. The van der Waals surface area contributed by atoms with Crippen molar-refractivity contribution in [3.8, 4) is 11.3 Å². The highest BCUT2D eigenvalue weighted by Crippen LogP contribution is 2.19. The zero-order valence-electron chi connectivity index (χ0n) is 10.7. The number of benzene rings is 1. The van der Waals surface area contributed by atoms with Crippen molar-refractivity contribution in [3.05, 3.63) is 51.8 Å². The van der Waals surface area contributed by atoms with Gasteiger partial charge in [0, 0.05) is 17.1 Å². The van der Waals surface area contributed by atoms with Crippen molar-refractivity contribution in [1.82, 2.24) is 15.2 Å². The van der Waals surface area contributed by atoms with Gasteiger partial charge in [0.2, 0.25) is 0 Å². The first kappa shape index (κ1) is 13.1. The van der Waals surface area contributed by atoms with E-state index in [0.29, 0.717) is 16.5 Å². The Morgan fingerprint density at radius 3 is 2.57 bits per heavy atom. The maximum absolute atomic E-state index is 11.9. The molecule has 2 aromatic heterocycles. The smallest absolute Gasteiger partial charge is 0.275 e. The Kier molecular flexibility index (Phi) is 3.28. The van der Waals surface area contributed by atoms with E-state index in [1.165, 1.54) is 17.4 Å². The summed E-state index contributed by atoms with van der Waals surface area (Å²) < 4.78 is 0. The Morgan fingerprint density at radius 1 is 1.24 bits per heavy atom. The van der Waals surface area contributed by atoms with Gasteiger partial charge >= 0.3 is 0 Å². The molecule has 21 heavy (non-hydrogen) atoms. The Bertz CT molecular complexity index is 831. The van der Waals surface area contributed by atoms with Gasteiger partial charge in [-0.05, 0) is 17.7 Å². The number of aromatic nitrogens is 3. The predicted molar refractivity (Wildman–Crippen MR) is 81.3 cm³/mol. The normalized spacial score (nSPS) is 10.5. The molecule has 5 N–H and O–H groups in total. The summed E-state index contributed by atoms with van der Waals surface area (Å²) in [5.74, 6) is -0.314. The standard InChI is InChI=1S/C13H11N5O2S/c14-13-16-10(6-21-13)12(20)15-8-3-1-7(2-4-8)9-5-11(19)18-17-9/h1-6H,(H2,14,16)(H,15,20)(H2,17,18,19). The Balaban J connectivity index is 1.75. The van der Waals surface area contributed by atoms with E-state index in [4.69, 9.17) is 5.73 Å². The Labute approximate surface area is 122 Å². The van der Waals surface area contributed by atoms with Crippen molar-refractivity contribution in [2.24, 2.45) is 0 Å². The van der Waals surface area contributed by atoms with Gasteiger partial charge in [0.1, 0.15) is 5.69 Å². The van der Waals surface area contributed by atoms with Gasteiger partial charge in [-0.2, -0.15) is 0 Å². The van der Waals surface area contributed by atoms with Crippen molar-refractivity contribution >= 4 is 28.1 Å². The van der Waals surface area contributed by atoms with Crippen LogP contribution in [0.25, 0.3) is 11.3 Å².